The van der Waals surface area contributed by atoms with E-state index in [1.165, 1.54) is 11.1 Å². The van der Waals surface area contributed by atoms with Gasteiger partial charge in [-0.2, -0.15) is 5.26 Å². The van der Waals surface area contributed by atoms with E-state index in [1.807, 2.05) is 6.07 Å². The number of hydrogen-bond acceptors (Lipinski definition) is 3. The first kappa shape index (κ1) is 8.88. The molecule has 0 N–H and O–H groups in total. The second kappa shape index (κ2) is 2.91. The van der Waals surface area contributed by atoms with Crippen molar-refractivity contribution in [3.8, 4) is 6.07 Å². The van der Waals surface area contributed by atoms with Crippen LogP contribution in [0, 0.1) is 11.3 Å². The maximum atomic E-state index is 12.6. The van der Waals surface area contributed by atoms with Crippen LogP contribution in [0.1, 0.15) is 5.56 Å². The van der Waals surface area contributed by atoms with Gasteiger partial charge in [-0.1, -0.05) is 0 Å². The van der Waals surface area contributed by atoms with Gasteiger partial charge in [-0.15, -0.1) is 0 Å². The lowest BCUT2D eigenvalue weighted by atomic mass is 10.1. The zero-order valence-corrected chi connectivity index (χ0v) is 7.24. The molecule has 0 bridgehead atoms. The van der Waals surface area contributed by atoms with Crippen molar-refractivity contribution in [3.63, 3.8) is 0 Å². The highest BCUT2D eigenvalue weighted by Gasteiger charge is 2.45. The number of rotatable bonds is 1. The molecule has 14 heavy (non-hydrogen) atoms. The number of aromatic nitrogens is 1. The molecule has 2 heterocycles. The lowest BCUT2D eigenvalue weighted by Crippen LogP contribution is -2.56. The second-order valence-electron chi connectivity index (χ2n) is 3.20. The van der Waals surface area contributed by atoms with Crippen LogP contribution in [-0.4, -0.2) is 24.0 Å². The summed E-state index contributed by atoms with van der Waals surface area (Å²) >= 11 is 0. The maximum Gasteiger partial charge on any atom is 0.282 e. The minimum Gasteiger partial charge on any atom is -0.343 e. The molecule has 0 amide bonds. The van der Waals surface area contributed by atoms with Crippen LogP contribution in [0.5, 0.6) is 0 Å². The fourth-order valence-corrected chi connectivity index (χ4v) is 1.40. The Kier molecular flexibility index (Phi) is 1.84. The molecular formula is C9H7F2N3. The van der Waals surface area contributed by atoms with E-state index in [1.54, 1.807) is 12.1 Å². The number of pyridine rings is 1. The summed E-state index contributed by atoms with van der Waals surface area (Å²) in [7, 11) is 0. The molecule has 2 rings (SSSR count). The molecule has 0 aliphatic carbocycles. The van der Waals surface area contributed by atoms with Gasteiger partial charge >= 0.3 is 0 Å². The average molecular weight is 195 g/mol. The molecule has 0 aromatic carbocycles. The van der Waals surface area contributed by atoms with Crippen LogP contribution < -0.4 is 4.90 Å². The zero-order chi connectivity index (χ0) is 10.2. The minimum absolute atomic E-state index is 0.336. The SMILES string of the molecule is N#Cc1cccnc1N1CC(F)(F)C1. The molecule has 0 saturated carbocycles. The van der Waals surface area contributed by atoms with Crippen LogP contribution in [0.3, 0.4) is 0 Å². The molecular weight excluding hydrogens is 188 g/mol. The highest BCUT2D eigenvalue weighted by atomic mass is 19.3. The van der Waals surface area contributed by atoms with Gasteiger partial charge in [0, 0.05) is 6.20 Å². The molecule has 1 aromatic rings. The van der Waals surface area contributed by atoms with E-state index >= 15 is 0 Å². The van der Waals surface area contributed by atoms with Crippen molar-refractivity contribution >= 4 is 5.82 Å². The van der Waals surface area contributed by atoms with Gasteiger partial charge in [0.05, 0.1) is 18.7 Å². The van der Waals surface area contributed by atoms with Gasteiger partial charge in [0.2, 0.25) is 0 Å². The van der Waals surface area contributed by atoms with E-state index in [0.29, 0.717) is 11.4 Å². The van der Waals surface area contributed by atoms with Crippen LogP contribution in [-0.2, 0) is 0 Å². The molecule has 0 spiro atoms. The molecule has 1 aliphatic rings. The predicted octanol–water partition coefficient (Wildman–Crippen LogP) is 1.41. The second-order valence-corrected chi connectivity index (χ2v) is 3.20. The van der Waals surface area contributed by atoms with Crippen molar-refractivity contribution < 1.29 is 8.78 Å². The summed E-state index contributed by atoms with van der Waals surface area (Å²) in [6.45, 7) is -0.697. The van der Waals surface area contributed by atoms with E-state index in [2.05, 4.69) is 4.98 Å². The summed E-state index contributed by atoms with van der Waals surface area (Å²) < 4.78 is 25.1. The van der Waals surface area contributed by atoms with E-state index in [9.17, 15) is 8.78 Å². The molecule has 0 unspecified atom stereocenters. The molecule has 1 aromatic heterocycles. The Morgan fingerprint density at radius 1 is 1.50 bits per heavy atom. The first-order valence-corrected chi connectivity index (χ1v) is 4.10. The van der Waals surface area contributed by atoms with Crippen molar-refractivity contribution in [2.75, 3.05) is 18.0 Å². The minimum atomic E-state index is -2.63. The third kappa shape index (κ3) is 1.39. The van der Waals surface area contributed by atoms with Gasteiger partial charge in [0.25, 0.3) is 5.92 Å². The van der Waals surface area contributed by atoms with Crippen molar-refractivity contribution in [1.82, 2.24) is 4.98 Å². The normalized spacial score (nSPS) is 18.5. The molecule has 1 fully saturated rings. The fraction of sp³-hybridized carbons (Fsp3) is 0.333. The molecule has 3 nitrogen and oxygen atoms in total. The Labute approximate surface area is 79.6 Å². The number of anilines is 1. The van der Waals surface area contributed by atoms with Crippen molar-refractivity contribution in [3.05, 3.63) is 23.9 Å². The van der Waals surface area contributed by atoms with Crippen LogP contribution in [0.4, 0.5) is 14.6 Å². The standard InChI is InChI=1S/C9H7F2N3/c10-9(11)5-14(6-9)8-7(4-12)2-1-3-13-8/h1-3H,5-6H2. The van der Waals surface area contributed by atoms with Gasteiger partial charge in [0.15, 0.2) is 0 Å². The highest BCUT2D eigenvalue weighted by molar-refractivity contribution is 5.55. The summed E-state index contributed by atoms with van der Waals surface area (Å²) in [6, 6.07) is 5.10. The third-order valence-electron chi connectivity index (χ3n) is 2.05. The highest BCUT2D eigenvalue weighted by Crippen LogP contribution is 2.31. The first-order valence-electron chi connectivity index (χ1n) is 4.10. The number of hydrogen-bond donors (Lipinski definition) is 0. The predicted molar refractivity (Wildman–Crippen MR) is 46.1 cm³/mol. The van der Waals surface area contributed by atoms with Crippen LogP contribution in [0.25, 0.3) is 0 Å². The Morgan fingerprint density at radius 3 is 2.79 bits per heavy atom. The number of nitriles is 1. The molecule has 0 atom stereocenters. The zero-order valence-electron chi connectivity index (χ0n) is 7.24. The number of alkyl halides is 2. The number of halogens is 2. The topological polar surface area (TPSA) is 39.9 Å². The fourth-order valence-electron chi connectivity index (χ4n) is 1.40. The lowest BCUT2D eigenvalue weighted by Gasteiger charge is -2.39. The third-order valence-corrected chi connectivity index (χ3v) is 2.05. The van der Waals surface area contributed by atoms with Gasteiger partial charge in [0.1, 0.15) is 11.9 Å². The monoisotopic (exact) mass is 195 g/mol. The largest absolute Gasteiger partial charge is 0.343 e. The molecule has 72 valence electrons. The van der Waals surface area contributed by atoms with E-state index in [4.69, 9.17) is 5.26 Å². The van der Waals surface area contributed by atoms with Crippen LogP contribution >= 0.6 is 0 Å². The molecule has 0 radical (unpaired) electrons. The van der Waals surface area contributed by atoms with Gasteiger partial charge in [-0.05, 0) is 12.1 Å². The Hall–Kier alpha value is -1.70. The summed E-state index contributed by atoms with van der Waals surface area (Å²) in [6.07, 6.45) is 1.49. The van der Waals surface area contributed by atoms with Crippen molar-refractivity contribution in [2.24, 2.45) is 0 Å². The lowest BCUT2D eigenvalue weighted by molar-refractivity contribution is -0.0267. The van der Waals surface area contributed by atoms with Crippen LogP contribution in [0.2, 0.25) is 0 Å². The Balaban J connectivity index is 2.23. The Bertz CT molecular complexity index is 389. The van der Waals surface area contributed by atoms with E-state index in [-0.39, 0.29) is 13.1 Å². The van der Waals surface area contributed by atoms with Gasteiger partial charge in [-0.25, -0.2) is 13.8 Å². The molecule has 5 heteroatoms. The van der Waals surface area contributed by atoms with Crippen LogP contribution in [0.15, 0.2) is 18.3 Å². The molecule has 1 saturated heterocycles. The van der Waals surface area contributed by atoms with Gasteiger partial charge in [-0.3, -0.25) is 0 Å². The van der Waals surface area contributed by atoms with E-state index < -0.39 is 5.92 Å². The first-order chi connectivity index (χ1) is 6.62. The smallest absolute Gasteiger partial charge is 0.282 e. The average Bonchev–Trinajstić information content (AvgIpc) is 2.14. The molecule has 1 aliphatic heterocycles. The summed E-state index contributed by atoms with van der Waals surface area (Å²) in [4.78, 5) is 5.31. The quantitative estimate of drug-likeness (QED) is 0.680. The summed E-state index contributed by atoms with van der Waals surface area (Å²) in [5.74, 6) is -2.29. The van der Waals surface area contributed by atoms with E-state index in [0.717, 1.165) is 0 Å². The summed E-state index contributed by atoms with van der Waals surface area (Å²) in [5, 5.41) is 8.71. The van der Waals surface area contributed by atoms with Crippen molar-refractivity contribution in [1.29, 1.82) is 5.26 Å². The maximum absolute atomic E-state index is 12.6. The van der Waals surface area contributed by atoms with Gasteiger partial charge < -0.3 is 4.90 Å². The van der Waals surface area contributed by atoms with Crippen molar-refractivity contribution in [2.45, 2.75) is 5.92 Å². The number of nitrogens with zero attached hydrogens (tertiary/aromatic N) is 3. The Morgan fingerprint density at radius 2 is 2.21 bits per heavy atom. The summed E-state index contributed by atoms with van der Waals surface area (Å²) in [5.41, 5.74) is 0.336.